The van der Waals surface area contributed by atoms with E-state index in [-0.39, 0.29) is 5.54 Å². The van der Waals surface area contributed by atoms with E-state index in [2.05, 4.69) is 26.0 Å². The summed E-state index contributed by atoms with van der Waals surface area (Å²) in [5.74, 6) is 0.887. The molecule has 0 spiro atoms. The molecule has 0 aliphatic rings. The van der Waals surface area contributed by atoms with Crippen LogP contribution in [0.2, 0.25) is 0 Å². The van der Waals surface area contributed by atoms with Crippen molar-refractivity contribution in [1.29, 1.82) is 0 Å². The summed E-state index contributed by atoms with van der Waals surface area (Å²) in [6.07, 6.45) is 2.81. The van der Waals surface area contributed by atoms with Gasteiger partial charge in [0.15, 0.2) is 0 Å². The maximum absolute atomic E-state index is 6.17. The number of ether oxygens (including phenoxy) is 2. The fraction of sp³-hybridized carbons (Fsp3) is 0.600. The van der Waals surface area contributed by atoms with Gasteiger partial charge in [-0.1, -0.05) is 26.0 Å². The summed E-state index contributed by atoms with van der Waals surface area (Å²) < 4.78 is 10.8. The number of rotatable bonds is 8. The van der Waals surface area contributed by atoms with Crippen LogP contribution in [-0.2, 0) is 11.2 Å². The Kier molecular flexibility index (Phi) is 6.16. The van der Waals surface area contributed by atoms with Gasteiger partial charge in [-0.15, -0.1) is 0 Å². The Morgan fingerprint density at radius 3 is 2.22 bits per heavy atom. The summed E-state index contributed by atoms with van der Waals surface area (Å²) in [6.45, 7) is 5.56. The first-order valence-electron chi connectivity index (χ1n) is 6.63. The van der Waals surface area contributed by atoms with Gasteiger partial charge in [0.1, 0.15) is 5.75 Å². The molecule has 0 unspecified atom stereocenters. The quantitative estimate of drug-likeness (QED) is 0.723. The molecule has 102 valence electrons. The summed E-state index contributed by atoms with van der Waals surface area (Å²) in [5.41, 5.74) is 7.26. The second-order valence-corrected chi connectivity index (χ2v) is 4.72. The molecule has 0 aliphatic carbocycles. The maximum Gasteiger partial charge on any atom is 0.118 e. The highest BCUT2D eigenvalue weighted by Crippen LogP contribution is 2.13. The monoisotopic (exact) mass is 251 g/mol. The van der Waals surface area contributed by atoms with E-state index in [1.807, 2.05) is 12.1 Å². The molecule has 0 saturated heterocycles. The van der Waals surface area contributed by atoms with Crippen LogP contribution in [0, 0.1) is 0 Å². The molecule has 0 amide bonds. The van der Waals surface area contributed by atoms with Crippen LogP contribution >= 0.6 is 0 Å². The number of methoxy groups -OCH3 is 1. The molecule has 0 aliphatic heterocycles. The number of hydrogen-bond acceptors (Lipinski definition) is 3. The van der Waals surface area contributed by atoms with Crippen molar-refractivity contribution in [1.82, 2.24) is 0 Å². The first-order valence-corrected chi connectivity index (χ1v) is 6.63. The van der Waals surface area contributed by atoms with Crippen molar-refractivity contribution in [2.45, 2.75) is 38.6 Å². The molecule has 18 heavy (non-hydrogen) atoms. The van der Waals surface area contributed by atoms with Gasteiger partial charge in [-0.25, -0.2) is 0 Å². The van der Waals surface area contributed by atoms with Crippen molar-refractivity contribution in [2.75, 3.05) is 20.3 Å². The van der Waals surface area contributed by atoms with Crippen molar-refractivity contribution in [3.05, 3.63) is 29.8 Å². The second-order valence-electron chi connectivity index (χ2n) is 4.72. The number of hydrogen-bond donors (Lipinski definition) is 1. The predicted molar refractivity (Wildman–Crippen MR) is 75.0 cm³/mol. The molecule has 0 radical (unpaired) electrons. The molecule has 0 saturated carbocycles. The predicted octanol–water partition coefficient (Wildman–Crippen LogP) is 2.77. The minimum Gasteiger partial charge on any atom is -0.497 e. The van der Waals surface area contributed by atoms with Gasteiger partial charge in [0.25, 0.3) is 0 Å². The highest BCUT2D eigenvalue weighted by atomic mass is 16.5. The molecule has 1 rings (SSSR count). The standard InChI is InChI=1S/C15H25NO2/c1-4-15(16,5-2)12-18-11-10-13-6-8-14(17-3)9-7-13/h6-9H,4-5,10-12,16H2,1-3H3. The van der Waals surface area contributed by atoms with Crippen molar-refractivity contribution in [3.8, 4) is 5.75 Å². The van der Waals surface area contributed by atoms with Crippen LogP contribution < -0.4 is 10.5 Å². The molecule has 2 N–H and O–H groups in total. The van der Waals surface area contributed by atoms with Crippen LogP contribution in [0.25, 0.3) is 0 Å². The van der Waals surface area contributed by atoms with Crippen molar-refractivity contribution in [3.63, 3.8) is 0 Å². The van der Waals surface area contributed by atoms with Gasteiger partial charge >= 0.3 is 0 Å². The Morgan fingerprint density at radius 2 is 1.72 bits per heavy atom. The lowest BCUT2D eigenvalue weighted by molar-refractivity contribution is 0.0831. The van der Waals surface area contributed by atoms with Crippen molar-refractivity contribution >= 4 is 0 Å². The summed E-state index contributed by atoms with van der Waals surface area (Å²) in [6, 6.07) is 8.08. The molecule has 3 nitrogen and oxygen atoms in total. The van der Waals surface area contributed by atoms with Crippen molar-refractivity contribution < 1.29 is 9.47 Å². The van der Waals surface area contributed by atoms with E-state index < -0.39 is 0 Å². The minimum absolute atomic E-state index is 0.167. The molecule has 1 aromatic carbocycles. The first-order chi connectivity index (χ1) is 8.63. The number of nitrogens with two attached hydrogens (primary N) is 1. The van der Waals surface area contributed by atoms with E-state index in [1.54, 1.807) is 7.11 Å². The summed E-state index contributed by atoms with van der Waals surface area (Å²) >= 11 is 0. The third-order valence-electron chi connectivity index (χ3n) is 3.49. The Labute approximate surface area is 110 Å². The van der Waals surface area contributed by atoms with Gasteiger partial charge in [-0.05, 0) is 37.0 Å². The zero-order valence-electron chi connectivity index (χ0n) is 11.7. The van der Waals surface area contributed by atoms with Crippen LogP contribution in [-0.4, -0.2) is 25.9 Å². The van der Waals surface area contributed by atoms with Gasteiger partial charge in [0.05, 0.1) is 20.3 Å². The van der Waals surface area contributed by atoms with E-state index in [0.29, 0.717) is 13.2 Å². The molecule has 3 heteroatoms. The lowest BCUT2D eigenvalue weighted by Gasteiger charge is -2.26. The Balaban J connectivity index is 2.29. The van der Waals surface area contributed by atoms with Gasteiger partial charge < -0.3 is 15.2 Å². The SMILES string of the molecule is CCC(N)(CC)COCCc1ccc(OC)cc1. The smallest absolute Gasteiger partial charge is 0.118 e. The van der Waals surface area contributed by atoms with Crippen LogP contribution in [0.3, 0.4) is 0 Å². The Morgan fingerprint density at radius 1 is 1.11 bits per heavy atom. The lowest BCUT2D eigenvalue weighted by atomic mass is 9.96. The first kappa shape index (κ1) is 15.0. The lowest BCUT2D eigenvalue weighted by Crippen LogP contribution is -2.43. The van der Waals surface area contributed by atoms with Crippen LogP contribution in [0.15, 0.2) is 24.3 Å². The Bertz CT molecular complexity index is 331. The molecule has 0 aromatic heterocycles. The zero-order chi connectivity index (χ0) is 13.4. The van der Waals surface area contributed by atoms with Crippen LogP contribution in [0.4, 0.5) is 0 Å². The minimum atomic E-state index is -0.167. The topological polar surface area (TPSA) is 44.5 Å². The van der Waals surface area contributed by atoms with E-state index in [0.717, 1.165) is 25.0 Å². The zero-order valence-corrected chi connectivity index (χ0v) is 11.7. The van der Waals surface area contributed by atoms with E-state index in [9.17, 15) is 0 Å². The van der Waals surface area contributed by atoms with E-state index in [4.69, 9.17) is 15.2 Å². The van der Waals surface area contributed by atoms with Gasteiger partial charge in [0.2, 0.25) is 0 Å². The fourth-order valence-corrected chi connectivity index (χ4v) is 1.71. The average molecular weight is 251 g/mol. The van der Waals surface area contributed by atoms with Crippen molar-refractivity contribution in [2.24, 2.45) is 5.73 Å². The van der Waals surface area contributed by atoms with Gasteiger partial charge in [0, 0.05) is 5.54 Å². The van der Waals surface area contributed by atoms with E-state index in [1.165, 1.54) is 5.56 Å². The van der Waals surface area contributed by atoms with Crippen LogP contribution in [0.1, 0.15) is 32.3 Å². The largest absolute Gasteiger partial charge is 0.497 e. The molecule has 1 aromatic rings. The number of benzene rings is 1. The molecule has 0 bridgehead atoms. The van der Waals surface area contributed by atoms with Gasteiger partial charge in [-0.2, -0.15) is 0 Å². The summed E-state index contributed by atoms with van der Waals surface area (Å²) in [7, 11) is 1.68. The van der Waals surface area contributed by atoms with E-state index >= 15 is 0 Å². The molecular weight excluding hydrogens is 226 g/mol. The average Bonchev–Trinajstić information content (AvgIpc) is 2.44. The molecular formula is C15H25NO2. The Hall–Kier alpha value is -1.06. The fourth-order valence-electron chi connectivity index (χ4n) is 1.71. The molecule has 0 heterocycles. The normalized spacial score (nSPS) is 11.6. The third-order valence-corrected chi connectivity index (χ3v) is 3.49. The van der Waals surface area contributed by atoms with Gasteiger partial charge in [-0.3, -0.25) is 0 Å². The maximum atomic E-state index is 6.17. The molecule has 0 atom stereocenters. The highest BCUT2D eigenvalue weighted by molar-refractivity contribution is 5.27. The van der Waals surface area contributed by atoms with Crippen LogP contribution in [0.5, 0.6) is 5.75 Å². The second kappa shape index (κ2) is 7.39. The summed E-state index contributed by atoms with van der Waals surface area (Å²) in [5, 5.41) is 0. The molecule has 0 fully saturated rings. The summed E-state index contributed by atoms with van der Waals surface area (Å²) in [4.78, 5) is 0. The third kappa shape index (κ3) is 4.67. The highest BCUT2D eigenvalue weighted by Gasteiger charge is 2.19.